The van der Waals surface area contributed by atoms with Crippen LogP contribution in [0.2, 0.25) is 0 Å². The summed E-state index contributed by atoms with van der Waals surface area (Å²) in [6, 6.07) is 27.1. The first-order valence-corrected chi connectivity index (χ1v) is 13.3. The zero-order chi connectivity index (χ0) is 27.8. The van der Waals surface area contributed by atoms with Crippen LogP contribution in [-0.2, 0) is 16.1 Å². The van der Waals surface area contributed by atoms with Crippen LogP contribution in [0, 0.1) is 0 Å². The van der Waals surface area contributed by atoms with Crippen molar-refractivity contribution in [2.45, 2.75) is 51.0 Å². The van der Waals surface area contributed by atoms with Gasteiger partial charge in [-0.25, -0.2) is 4.79 Å². The number of carbonyl (C=O) groups excluding carboxylic acids is 1. The number of carbonyl (C=O) groups is 1. The minimum atomic E-state index is -0.625. The van der Waals surface area contributed by atoms with Crippen molar-refractivity contribution in [2.24, 2.45) is 0 Å². The molecule has 0 radical (unpaired) electrons. The summed E-state index contributed by atoms with van der Waals surface area (Å²) in [4.78, 5) is 13.1. The number of fused-ring (bicyclic) bond motifs is 1. The number of aromatic nitrogens is 1. The number of aliphatic hydroxyl groups excluding tert-OH is 1. The SMILES string of the molecule is C=C[C@H](c1cn(C(=O)OC(C)(C)C)c2ccccc12)C(COCc1ccccc1)N[C@H](CO)c1ccccc1. The minimum absolute atomic E-state index is 0.0806. The molecule has 1 heterocycles. The lowest BCUT2D eigenvalue weighted by Crippen LogP contribution is -2.41. The molecule has 6 nitrogen and oxygen atoms in total. The van der Waals surface area contributed by atoms with Crippen LogP contribution in [0.15, 0.2) is 104 Å². The largest absolute Gasteiger partial charge is 0.443 e. The number of nitrogens with one attached hydrogen (secondary N) is 1. The molecule has 3 aromatic carbocycles. The summed E-state index contributed by atoms with van der Waals surface area (Å²) in [6.45, 7) is 10.5. The predicted molar refractivity (Wildman–Crippen MR) is 156 cm³/mol. The van der Waals surface area contributed by atoms with Gasteiger partial charge < -0.3 is 19.9 Å². The standard InChI is InChI=1S/C33H38N2O4/c1-5-26(28-20-35(32(37)39-33(2,3)4)31-19-13-12-18-27(28)31)30(23-38-22-24-14-8-6-9-15-24)34-29(21-36)25-16-10-7-11-17-25/h5-20,26,29-30,34,36H,1,21-23H2,2-4H3/t26-,29-,30?/m1/s1. The van der Waals surface area contributed by atoms with Crippen molar-refractivity contribution < 1.29 is 19.4 Å². The van der Waals surface area contributed by atoms with Crippen LogP contribution in [0.25, 0.3) is 10.9 Å². The number of para-hydroxylation sites is 1. The summed E-state index contributed by atoms with van der Waals surface area (Å²) in [5.74, 6) is -0.230. The first-order valence-electron chi connectivity index (χ1n) is 13.3. The van der Waals surface area contributed by atoms with Gasteiger partial charge in [-0.1, -0.05) is 84.9 Å². The molecule has 0 spiro atoms. The van der Waals surface area contributed by atoms with Crippen LogP contribution in [0.4, 0.5) is 4.79 Å². The van der Waals surface area contributed by atoms with Crippen LogP contribution >= 0.6 is 0 Å². The lowest BCUT2D eigenvalue weighted by Gasteiger charge is -2.30. The first-order chi connectivity index (χ1) is 18.8. The summed E-state index contributed by atoms with van der Waals surface area (Å²) in [7, 11) is 0. The molecule has 1 aromatic heterocycles. The summed E-state index contributed by atoms with van der Waals surface area (Å²) < 4.78 is 13.5. The molecular formula is C33H38N2O4. The molecule has 2 N–H and O–H groups in total. The maximum absolute atomic E-state index is 13.1. The second-order valence-corrected chi connectivity index (χ2v) is 10.6. The third kappa shape index (κ3) is 7.24. The topological polar surface area (TPSA) is 72.7 Å². The maximum atomic E-state index is 13.1. The van der Waals surface area contributed by atoms with Crippen molar-refractivity contribution in [3.05, 3.63) is 120 Å². The van der Waals surface area contributed by atoms with E-state index in [1.54, 1.807) is 4.57 Å². The molecule has 4 aromatic rings. The average Bonchev–Trinajstić information content (AvgIpc) is 3.31. The molecule has 0 bridgehead atoms. The third-order valence-electron chi connectivity index (χ3n) is 6.59. The Hall–Kier alpha value is -3.71. The summed E-state index contributed by atoms with van der Waals surface area (Å²) in [5, 5.41) is 14.9. The van der Waals surface area contributed by atoms with Crippen molar-refractivity contribution in [3.63, 3.8) is 0 Å². The molecule has 39 heavy (non-hydrogen) atoms. The van der Waals surface area contributed by atoms with Gasteiger partial charge in [0.1, 0.15) is 5.60 Å². The second kappa shape index (κ2) is 12.9. The van der Waals surface area contributed by atoms with E-state index >= 15 is 0 Å². The molecule has 0 fully saturated rings. The Kier molecular flexibility index (Phi) is 9.36. The van der Waals surface area contributed by atoms with Gasteiger partial charge in [-0.05, 0) is 43.5 Å². The van der Waals surface area contributed by atoms with Gasteiger partial charge in [0.05, 0.1) is 31.4 Å². The molecule has 204 valence electrons. The molecule has 3 atom stereocenters. The Balaban J connectivity index is 1.69. The highest BCUT2D eigenvalue weighted by atomic mass is 16.6. The number of hydrogen-bond donors (Lipinski definition) is 2. The van der Waals surface area contributed by atoms with Crippen LogP contribution in [0.5, 0.6) is 0 Å². The monoisotopic (exact) mass is 526 g/mol. The number of ether oxygens (including phenoxy) is 2. The molecule has 0 aliphatic rings. The third-order valence-corrected chi connectivity index (χ3v) is 6.59. The van der Waals surface area contributed by atoms with Gasteiger partial charge in [0.2, 0.25) is 0 Å². The van der Waals surface area contributed by atoms with E-state index in [1.165, 1.54) is 0 Å². The first kappa shape index (κ1) is 28.3. The highest BCUT2D eigenvalue weighted by molar-refractivity contribution is 5.92. The van der Waals surface area contributed by atoms with Gasteiger partial charge in [-0.15, -0.1) is 6.58 Å². The number of hydrogen-bond acceptors (Lipinski definition) is 5. The Morgan fingerprint density at radius 1 is 1.00 bits per heavy atom. The zero-order valence-electron chi connectivity index (χ0n) is 22.9. The zero-order valence-corrected chi connectivity index (χ0v) is 22.9. The van der Waals surface area contributed by atoms with Gasteiger partial charge in [-0.3, -0.25) is 4.57 Å². The predicted octanol–water partition coefficient (Wildman–Crippen LogP) is 6.60. The van der Waals surface area contributed by atoms with E-state index in [0.717, 1.165) is 27.6 Å². The summed E-state index contributed by atoms with van der Waals surface area (Å²) >= 11 is 0. The van der Waals surface area contributed by atoms with Crippen LogP contribution in [0.1, 0.15) is 49.4 Å². The van der Waals surface area contributed by atoms with E-state index in [-0.39, 0.29) is 24.6 Å². The molecule has 0 aliphatic heterocycles. The summed E-state index contributed by atoms with van der Waals surface area (Å²) in [5.41, 5.74) is 3.12. The van der Waals surface area contributed by atoms with Crippen molar-refractivity contribution in [3.8, 4) is 0 Å². The second-order valence-electron chi connectivity index (χ2n) is 10.6. The van der Waals surface area contributed by atoms with Gasteiger partial charge >= 0.3 is 6.09 Å². The van der Waals surface area contributed by atoms with Gasteiger partial charge in [0.15, 0.2) is 0 Å². The minimum Gasteiger partial charge on any atom is -0.443 e. The average molecular weight is 527 g/mol. The van der Waals surface area contributed by atoms with Crippen molar-refractivity contribution >= 4 is 17.0 Å². The lowest BCUT2D eigenvalue weighted by molar-refractivity contribution is 0.0544. The van der Waals surface area contributed by atoms with Crippen molar-refractivity contribution in [2.75, 3.05) is 13.2 Å². The Morgan fingerprint density at radius 2 is 1.64 bits per heavy atom. The summed E-state index contributed by atoms with van der Waals surface area (Å²) in [6.07, 6.45) is 3.28. The van der Waals surface area contributed by atoms with Crippen LogP contribution in [-0.4, -0.2) is 40.6 Å². The molecule has 6 heteroatoms. The molecule has 0 saturated carbocycles. The molecule has 4 rings (SSSR count). The molecule has 0 aliphatic carbocycles. The Morgan fingerprint density at radius 3 is 2.28 bits per heavy atom. The fourth-order valence-electron chi connectivity index (χ4n) is 4.77. The van der Waals surface area contributed by atoms with Gasteiger partial charge in [-0.2, -0.15) is 0 Å². The van der Waals surface area contributed by atoms with Gasteiger partial charge in [0, 0.05) is 23.5 Å². The Labute approximate surface area is 230 Å². The maximum Gasteiger partial charge on any atom is 0.419 e. The molecule has 1 unspecified atom stereocenters. The van der Waals surface area contributed by atoms with Crippen LogP contribution in [0.3, 0.4) is 0 Å². The fourth-order valence-corrected chi connectivity index (χ4v) is 4.77. The van der Waals surface area contributed by atoms with E-state index < -0.39 is 11.7 Å². The Bertz CT molecular complexity index is 1360. The fraction of sp³-hybridized carbons (Fsp3) is 0.303. The van der Waals surface area contributed by atoms with E-state index in [0.29, 0.717) is 13.2 Å². The van der Waals surface area contributed by atoms with Crippen LogP contribution < -0.4 is 5.32 Å². The molecule has 0 amide bonds. The van der Waals surface area contributed by atoms with Gasteiger partial charge in [0.25, 0.3) is 0 Å². The molecular weight excluding hydrogens is 488 g/mol. The highest BCUT2D eigenvalue weighted by Crippen LogP contribution is 2.33. The highest BCUT2D eigenvalue weighted by Gasteiger charge is 2.29. The number of aliphatic hydroxyl groups is 1. The number of nitrogens with zero attached hydrogens (tertiary/aromatic N) is 1. The van der Waals surface area contributed by atoms with E-state index in [9.17, 15) is 9.90 Å². The quantitative estimate of drug-likeness (QED) is 0.215. The molecule has 0 saturated heterocycles. The van der Waals surface area contributed by atoms with E-state index in [1.807, 2.05) is 118 Å². The smallest absolute Gasteiger partial charge is 0.419 e. The van der Waals surface area contributed by atoms with E-state index in [4.69, 9.17) is 9.47 Å². The van der Waals surface area contributed by atoms with Crippen molar-refractivity contribution in [1.29, 1.82) is 0 Å². The normalized spacial score (nSPS) is 14.1. The van der Waals surface area contributed by atoms with E-state index in [2.05, 4.69) is 11.9 Å². The number of rotatable bonds is 11. The lowest BCUT2D eigenvalue weighted by atomic mass is 9.90. The number of benzene rings is 3. The van der Waals surface area contributed by atoms with Crippen molar-refractivity contribution in [1.82, 2.24) is 9.88 Å².